The smallest absolute Gasteiger partial charge is 0.328 e. The van der Waals surface area contributed by atoms with E-state index in [0.717, 1.165) is 64.8 Å². The van der Waals surface area contributed by atoms with Gasteiger partial charge in [-0.15, -0.1) is 0 Å². The number of hydrogen-bond donors (Lipinski definition) is 2. The van der Waals surface area contributed by atoms with E-state index in [1.807, 2.05) is 35.1 Å². The normalized spacial score (nSPS) is 17.4. The van der Waals surface area contributed by atoms with Crippen molar-refractivity contribution in [1.82, 2.24) is 44.1 Å². The molecule has 8 rings (SSSR count). The zero-order valence-electron chi connectivity index (χ0n) is 28.3. The largest absolute Gasteiger partial charge is 0.352 e. The minimum atomic E-state index is -3.48. The van der Waals surface area contributed by atoms with Gasteiger partial charge in [0, 0.05) is 75.9 Å². The Kier molecular flexibility index (Phi) is 8.38. The lowest BCUT2D eigenvalue weighted by Crippen LogP contribution is -2.49. The van der Waals surface area contributed by atoms with E-state index in [9.17, 15) is 18.0 Å². The van der Waals surface area contributed by atoms with Crippen LogP contribution in [0.25, 0.3) is 22.3 Å². The molecule has 51 heavy (non-hydrogen) atoms. The number of fused-ring (bicyclic) bond motifs is 1. The lowest BCUT2D eigenvalue weighted by atomic mass is 10.1. The lowest BCUT2D eigenvalue weighted by Gasteiger charge is -2.35. The molecule has 6 heterocycles. The second-order valence-electron chi connectivity index (χ2n) is 13.4. The number of nitrogens with zero attached hydrogens (tertiary/aromatic N) is 10. The molecule has 1 aromatic carbocycles. The Hall–Kier alpha value is -5.42. The molecule has 264 valence electrons. The van der Waals surface area contributed by atoms with Crippen LogP contribution in [0.2, 0.25) is 0 Å². The molecular weight excluding hydrogens is 673 g/mol. The van der Waals surface area contributed by atoms with Crippen molar-refractivity contribution in [2.75, 3.05) is 47.8 Å². The van der Waals surface area contributed by atoms with Crippen LogP contribution in [0.5, 0.6) is 0 Å². The van der Waals surface area contributed by atoms with Gasteiger partial charge in [0.25, 0.3) is 10.0 Å². The van der Waals surface area contributed by atoms with Crippen molar-refractivity contribution >= 4 is 56.0 Å². The maximum absolute atomic E-state index is 12.6. The summed E-state index contributed by atoms with van der Waals surface area (Å²) in [4.78, 5) is 43.9. The molecule has 4 aromatic heterocycles. The van der Waals surface area contributed by atoms with E-state index in [1.165, 1.54) is 12.4 Å². The van der Waals surface area contributed by atoms with Gasteiger partial charge in [-0.2, -0.15) is 14.3 Å². The Morgan fingerprint density at radius 3 is 2.57 bits per heavy atom. The minimum Gasteiger partial charge on any atom is -0.352 e. The van der Waals surface area contributed by atoms with Crippen LogP contribution in [0, 0.1) is 0 Å². The van der Waals surface area contributed by atoms with E-state index < -0.39 is 10.0 Å². The predicted octanol–water partition coefficient (Wildman–Crippen LogP) is 3.52. The molecule has 1 saturated carbocycles. The van der Waals surface area contributed by atoms with Crippen molar-refractivity contribution in [2.45, 2.75) is 50.9 Å². The number of rotatable bonds is 10. The first-order valence-electron chi connectivity index (χ1n) is 17.1. The van der Waals surface area contributed by atoms with Gasteiger partial charge >= 0.3 is 6.03 Å². The third kappa shape index (κ3) is 6.61. The maximum atomic E-state index is 12.6. The van der Waals surface area contributed by atoms with Crippen LogP contribution < -0.4 is 20.4 Å². The average molecular weight is 711 g/mol. The van der Waals surface area contributed by atoms with Crippen LogP contribution in [-0.2, 0) is 21.4 Å². The topological polar surface area (TPSA) is 176 Å². The summed E-state index contributed by atoms with van der Waals surface area (Å²) in [7, 11) is -3.48. The number of carbonyl (C=O) groups is 2. The van der Waals surface area contributed by atoms with Crippen molar-refractivity contribution in [1.29, 1.82) is 0 Å². The average Bonchev–Trinajstić information content (AvgIpc) is 3.74. The fourth-order valence-corrected chi connectivity index (χ4v) is 7.97. The van der Waals surface area contributed by atoms with E-state index in [-0.39, 0.29) is 23.2 Å². The van der Waals surface area contributed by atoms with Crippen LogP contribution >= 0.6 is 0 Å². The highest BCUT2D eigenvalue weighted by Crippen LogP contribution is 2.32. The van der Waals surface area contributed by atoms with Gasteiger partial charge in [-0.25, -0.2) is 28.2 Å². The molecule has 16 nitrogen and oxygen atoms in total. The van der Waals surface area contributed by atoms with Crippen molar-refractivity contribution < 1.29 is 18.0 Å². The number of aromatic nitrogens is 7. The van der Waals surface area contributed by atoms with E-state index in [4.69, 9.17) is 10.1 Å². The first-order valence-corrected chi connectivity index (χ1v) is 18.6. The van der Waals surface area contributed by atoms with Gasteiger partial charge in [-0.3, -0.25) is 24.6 Å². The van der Waals surface area contributed by atoms with Crippen molar-refractivity contribution in [3.05, 3.63) is 66.7 Å². The number of carbonyl (C=O) groups excluding carboxylic acids is 2. The molecule has 2 N–H and O–H groups in total. The molecule has 0 spiro atoms. The standard InChI is InChI=1S/C34H38N12O4S/c1-22(2)46-28-17-30(38-29-8-10-35-32(39-29)24-18-37-45(21-24)51(49,50)26-6-7-26)36-19-27(28)33(41-46)43-14-12-42(13-15-43)20-23-4-3-5-25(16-23)44-11-9-31(47)40-34(44)48/h3-5,8,10,16-19,21-22,26H,6-7,9,11-15,20H2,1-2H3,(H,40,47,48)(H,35,36,38,39). The van der Waals surface area contributed by atoms with Gasteiger partial charge in [0.15, 0.2) is 11.6 Å². The van der Waals surface area contributed by atoms with Gasteiger partial charge in [0.05, 0.1) is 34.1 Å². The Morgan fingerprint density at radius 2 is 1.80 bits per heavy atom. The third-order valence-corrected chi connectivity index (χ3v) is 11.4. The molecule has 3 fully saturated rings. The summed E-state index contributed by atoms with van der Waals surface area (Å²) in [5.41, 5.74) is 3.35. The van der Waals surface area contributed by atoms with Crippen LogP contribution in [0.3, 0.4) is 0 Å². The highest BCUT2D eigenvalue weighted by atomic mass is 32.2. The van der Waals surface area contributed by atoms with E-state index in [0.29, 0.717) is 48.8 Å². The summed E-state index contributed by atoms with van der Waals surface area (Å²) in [6.07, 6.45) is 7.98. The molecule has 0 unspecified atom stereocenters. The molecule has 0 atom stereocenters. The van der Waals surface area contributed by atoms with Gasteiger partial charge in [0.2, 0.25) is 5.91 Å². The minimum absolute atomic E-state index is 0.110. The maximum Gasteiger partial charge on any atom is 0.328 e. The first kappa shape index (κ1) is 32.8. The number of imide groups is 1. The summed E-state index contributed by atoms with van der Waals surface area (Å²) in [5.74, 6) is 2.11. The van der Waals surface area contributed by atoms with Crippen molar-refractivity contribution in [3.8, 4) is 11.4 Å². The van der Waals surface area contributed by atoms with Crippen LogP contribution in [0.4, 0.5) is 27.9 Å². The fraction of sp³-hybridized carbons (Fsp3) is 0.382. The number of piperazine rings is 1. The molecule has 3 aliphatic rings. The quantitative estimate of drug-likeness (QED) is 0.216. The summed E-state index contributed by atoms with van der Waals surface area (Å²) in [5, 5.41) is 15.4. The summed E-state index contributed by atoms with van der Waals surface area (Å²) in [6, 6.07) is 11.4. The predicted molar refractivity (Wildman–Crippen MR) is 191 cm³/mol. The zero-order chi connectivity index (χ0) is 35.3. The van der Waals surface area contributed by atoms with E-state index in [2.05, 4.69) is 55.4 Å². The molecule has 0 bridgehead atoms. The number of hydrogen-bond acceptors (Lipinski definition) is 12. The molecular formula is C34H38N12O4S. The monoisotopic (exact) mass is 710 g/mol. The Balaban J connectivity index is 0.951. The third-order valence-electron chi connectivity index (χ3n) is 9.35. The number of anilines is 4. The van der Waals surface area contributed by atoms with E-state index >= 15 is 0 Å². The highest BCUT2D eigenvalue weighted by Gasteiger charge is 2.37. The Labute approximate surface area is 294 Å². The molecule has 0 radical (unpaired) electrons. The second kappa shape index (κ2) is 13.0. The SMILES string of the molecule is CC(C)n1nc(N2CCN(Cc3cccc(N4CCC(=O)NC4=O)c3)CC2)c2cnc(Nc3ccnc(-c4cnn(S(=O)(=O)C5CC5)c4)n3)cc21. The van der Waals surface area contributed by atoms with Crippen molar-refractivity contribution in [2.24, 2.45) is 0 Å². The Morgan fingerprint density at radius 1 is 0.980 bits per heavy atom. The lowest BCUT2D eigenvalue weighted by molar-refractivity contribution is -0.120. The van der Waals surface area contributed by atoms with Crippen LogP contribution in [0.15, 0.2) is 61.2 Å². The zero-order valence-corrected chi connectivity index (χ0v) is 29.1. The molecule has 2 saturated heterocycles. The highest BCUT2D eigenvalue weighted by molar-refractivity contribution is 7.90. The van der Waals surface area contributed by atoms with Gasteiger partial charge < -0.3 is 10.2 Å². The van der Waals surface area contributed by atoms with Gasteiger partial charge in [-0.05, 0) is 50.5 Å². The number of pyridine rings is 1. The van der Waals surface area contributed by atoms with Crippen LogP contribution in [-0.4, -0.2) is 97.1 Å². The second-order valence-corrected chi connectivity index (χ2v) is 15.4. The molecule has 1 aliphatic carbocycles. The number of urea groups is 1. The summed E-state index contributed by atoms with van der Waals surface area (Å²) >= 11 is 0. The number of amides is 3. The molecule has 17 heteroatoms. The fourth-order valence-electron chi connectivity index (χ4n) is 6.50. The molecule has 3 amide bonds. The van der Waals surface area contributed by atoms with Gasteiger partial charge in [-0.1, -0.05) is 12.1 Å². The Bertz CT molecular complexity index is 2240. The summed E-state index contributed by atoms with van der Waals surface area (Å²) in [6.45, 7) is 8.59. The van der Waals surface area contributed by atoms with E-state index in [1.54, 1.807) is 17.2 Å². The van der Waals surface area contributed by atoms with Crippen molar-refractivity contribution in [3.63, 3.8) is 0 Å². The number of nitrogens with one attached hydrogen (secondary N) is 2. The van der Waals surface area contributed by atoms with Gasteiger partial charge in [0.1, 0.15) is 11.6 Å². The summed E-state index contributed by atoms with van der Waals surface area (Å²) < 4.78 is 28.2. The molecule has 5 aromatic rings. The van der Waals surface area contributed by atoms with Crippen LogP contribution in [0.1, 0.15) is 44.7 Å². The molecule has 2 aliphatic heterocycles. The first-order chi connectivity index (χ1) is 24.6. The number of benzene rings is 1.